The molecular weight excluding hydrogens is 316 g/mol. The Hall–Kier alpha value is -1.34. The summed E-state index contributed by atoms with van der Waals surface area (Å²) in [5, 5.41) is 0. The summed E-state index contributed by atoms with van der Waals surface area (Å²) in [4.78, 5) is 10.0. The fourth-order valence-electron chi connectivity index (χ4n) is 3.88. The van der Waals surface area contributed by atoms with E-state index in [9.17, 15) is 8.78 Å². The molecule has 2 unspecified atom stereocenters. The third-order valence-corrected chi connectivity index (χ3v) is 5.03. The first kappa shape index (κ1) is 17.5. The van der Waals surface area contributed by atoms with Crippen molar-refractivity contribution < 1.29 is 18.3 Å². The predicted octanol–water partition coefficient (Wildman–Crippen LogP) is 3.22. The highest BCUT2D eigenvalue weighted by Gasteiger charge is 2.49. The molecule has 0 saturated carbocycles. The van der Waals surface area contributed by atoms with Gasteiger partial charge in [0.15, 0.2) is 5.69 Å². The molecule has 2 aliphatic rings. The minimum Gasteiger partial charge on any atom is -0.475 e. The second-order valence-electron chi connectivity index (χ2n) is 6.93. The van der Waals surface area contributed by atoms with Crippen LogP contribution in [0.5, 0.6) is 5.88 Å². The molecule has 2 fully saturated rings. The smallest absolute Gasteiger partial charge is 0.285 e. The Balaban J connectivity index is 1.63. The van der Waals surface area contributed by atoms with E-state index in [1.165, 1.54) is 12.4 Å². The molecule has 2 atom stereocenters. The Kier molecular flexibility index (Phi) is 5.30. The van der Waals surface area contributed by atoms with E-state index in [0.29, 0.717) is 6.61 Å². The molecule has 0 radical (unpaired) electrons. The molecule has 1 aromatic rings. The topological polar surface area (TPSA) is 47.5 Å². The lowest BCUT2D eigenvalue weighted by Gasteiger charge is -2.35. The van der Waals surface area contributed by atoms with Crippen molar-refractivity contribution in [1.29, 1.82) is 0 Å². The van der Waals surface area contributed by atoms with Gasteiger partial charge in [-0.1, -0.05) is 0 Å². The number of aromatic nitrogens is 2. The summed E-state index contributed by atoms with van der Waals surface area (Å²) in [6.45, 7) is 6.20. The molecule has 2 aliphatic heterocycles. The van der Waals surface area contributed by atoms with E-state index in [1.807, 2.05) is 13.8 Å². The molecule has 7 heteroatoms. The van der Waals surface area contributed by atoms with Gasteiger partial charge in [-0.2, -0.15) is 0 Å². The number of fused-ring (bicyclic) bond motifs is 1. The van der Waals surface area contributed by atoms with Gasteiger partial charge in [0.25, 0.3) is 6.43 Å². The minimum absolute atomic E-state index is 0.0531. The fourth-order valence-corrected chi connectivity index (χ4v) is 3.88. The Morgan fingerprint density at radius 1 is 1.29 bits per heavy atom. The van der Waals surface area contributed by atoms with Crippen LogP contribution in [0.3, 0.4) is 0 Å². The van der Waals surface area contributed by atoms with Crippen molar-refractivity contribution in [3.8, 4) is 5.88 Å². The van der Waals surface area contributed by atoms with E-state index in [-0.39, 0.29) is 29.3 Å². The first-order valence-corrected chi connectivity index (χ1v) is 8.62. The van der Waals surface area contributed by atoms with Gasteiger partial charge in [0.2, 0.25) is 5.88 Å². The zero-order valence-electron chi connectivity index (χ0n) is 14.3. The third kappa shape index (κ3) is 3.52. The summed E-state index contributed by atoms with van der Waals surface area (Å²) in [6, 6.07) is 0.218. The van der Waals surface area contributed by atoms with Gasteiger partial charge in [-0.05, 0) is 46.1 Å². The Morgan fingerprint density at radius 3 is 2.83 bits per heavy atom. The molecule has 5 nitrogen and oxygen atoms in total. The zero-order chi connectivity index (χ0) is 17.2. The lowest BCUT2D eigenvalue weighted by Crippen LogP contribution is -2.47. The molecule has 0 amide bonds. The lowest BCUT2D eigenvalue weighted by atomic mass is 9.95. The second kappa shape index (κ2) is 7.27. The van der Waals surface area contributed by atoms with Gasteiger partial charge in [0.05, 0.1) is 12.7 Å². The van der Waals surface area contributed by atoms with Gasteiger partial charge in [-0.3, -0.25) is 4.90 Å². The average molecular weight is 341 g/mol. The molecular formula is C17H25F2N3O2. The van der Waals surface area contributed by atoms with E-state index in [0.717, 1.165) is 38.8 Å². The number of alkyl halides is 2. The number of rotatable bonds is 7. The Bertz CT molecular complexity index is 558. The van der Waals surface area contributed by atoms with Crippen molar-refractivity contribution in [3.63, 3.8) is 0 Å². The number of hydrogen-bond acceptors (Lipinski definition) is 5. The molecule has 3 heterocycles. The number of halogens is 2. The van der Waals surface area contributed by atoms with Crippen LogP contribution in [-0.4, -0.2) is 52.3 Å². The van der Waals surface area contributed by atoms with Gasteiger partial charge < -0.3 is 9.47 Å². The third-order valence-electron chi connectivity index (χ3n) is 5.03. The van der Waals surface area contributed by atoms with Crippen LogP contribution in [-0.2, 0) is 4.74 Å². The molecule has 1 aromatic heterocycles. The van der Waals surface area contributed by atoms with Crippen molar-refractivity contribution in [2.75, 3.05) is 19.8 Å². The van der Waals surface area contributed by atoms with E-state index in [4.69, 9.17) is 9.47 Å². The Morgan fingerprint density at radius 2 is 2.08 bits per heavy atom. The second-order valence-corrected chi connectivity index (χ2v) is 6.93. The van der Waals surface area contributed by atoms with Crippen molar-refractivity contribution in [2.45, 2.75) is 63.6 Å². The monoisotopic (exact) mass is 341 g/mol. The molecule has 24 heavy (non-hydrogen) atoms. The van der Waals surface area contributed by atoms with Crippen LogP contribution < -0.4 is 4.74 Å². The van der Waals surface area contributed by atoms with E-state index in [2.05, 4.69) is 14.9 Å². The number of ether oxygens (including phenoxy) is 2. The van der Waals surface area contributed by atoms with Crippen LogP contribution in [0.4, 0.5) is 8.78 Å². The number of nitrogens with zero attached hydrogens (tertiary/aromatic N) is 3. The van der Waals surface area contributed by atoms with Gasteiger partial charge in [0.1, 0.15) is 6.61 Å². The van der Waals surface area contributed by atoms with Crippen LogP contribution in [0.25, 0.3) is 0 Å². The highest BCUT2D eigenvalue weighted by Crippen LogP contribution is 2.43. The number of hydrogen-bond donors (Lipinski definition) is 0. The summed E-state index contributed by atoms with van der Waals surface area (Å²) in [5.41, 5.74) is -0.294. The predicted molar refractivity (Wildman–Crippen MR) is 85.3 cm³/mol. The molecule has 0 aromatic carbocycles. The first-order chi connectivity index (χ1) is 11.5. The maximum Gasteiger partial charge on any atom is 0.285 e. The maximum absolute atomic E-state index is 13.0. The molecule has 134 valence electrons. The van der Waals surface area contributed by atoms with Crippen molar-refractivity contribution in [1.82, 2.24) is 14.9 Å². The molecule has 0 N–H and O–H groups in total. The Labute approximate surface area is 141 Å². The van der Waals surface area contributed by atoms with Crippen LogP contribution in [0.1, 0.15) is 51.7 Å². The van der Waals surface area contributed by atoms with Gasteiger partial charge in [0, 0.05) is 24.0 Å². The minimum atomic E-state index is -2.68. The molecule has 0 spiro atoms. The van der Waals surface area contributed by atoms with Gasteiger partial charge in [-0.15, -0.1) is 0 Å². The summed E-state index contributed by atoms with van der Waals surface area (Å²) in [7, 11) is 0. The van der Waals surface area contributed by atoms with E-state index >= 15 is 0 Å². The van der Waals surface area contributed by atoms with E-state index in [1.54, 1.807) is 0 Å². The highest BCUT2D eigenvalue weighted by molar-refractivity contribution is 5.18. The van der Waals surface area contributed by atoms with Crippen LogP contribution >= 0.6 is 0 Å². The van der Waals surface area contributed by atoms with Gasteiger partial charge >= 0.3 is 0 Å². The zero-order valence-corrected chi connectivity index (χ0v) is 14.3. The molecule has 3 rings (SSSR count). The molecule has 2 saturated heterocycles. The summed E-state index contributed by atoms with van der Waals surface area (Å²) in [5.74, 6) is -0.0531. The molecule has 0 aliphatic carbocycles. The lowest BCUT2D eigenvalue weighted by molar-refractivity contribution is -0.00929. The van der Waals surface area contributed by atoms with Crippen molar-refractivity contribution >= 4 is 0 Å². The van der Waals surface area contributed by atoms with Crippen LogP contribution in [0.15, 0.2) is 12.4 Å². The maximum atomic E-state index is 13.0. The summed E-state index contributed by atoms with van der Waals surface area (Å²) < 4.78 is 37.5. The quantitative estimate of drug-likeness (QED) is 0.762. The largest absolute Gasteiger partial charge is 0.475 e. The van der Waals surface area contributed by atoms with E-state index < -0.39 is 6.43 Å². The molecule has 0 bridgehead atoms. The summed E-state index contributed by atoms with van der Waals surface area (Å²) in [6.07, 6.45) is 4.51. The average Bonchev–Trinajstić information content (AvgIpc) is 3.10. The fraction of sp³-hybridized carbons (Fsp3) is 0.765. The summed E-state index contributed by atoms with van der Waals surface area (Å²) >= 11 is 0. The normalized spacial score (nSPS) is 27.2. The van der Waals surface area contributed by atoms with Crippen LogP contribution in [0, 0.1) is 0 Å². The highest BCUT2D eigenvalue weighted by atomic mass is 19.3. The van der Waals surface area contributed by atoms with Crippen LogP contribution in [0.2, 0.25) is 0 Å². The first-order valence-electron chi connectivity index (χ1n) is 8.62. The van der Waals surface area contributed by atoms with Gasteiger partial charge in [-0.25, -0.2) is 18.7 Å². The van der Waals surface area contributed by atoms with Crippen molar-refractivity contribution in [3.05, 3.63) is 18.1 Å². The standard InChI is InChI=1S/C17H25F2N3O2/c1-12(2)24-11-17-5-3-9-22(17)13(4-6-17)10-23-16-14(15(18)19)20-7-8-21-16/h7-8,12-13,15H,3-6,9-11H2,1-2H3. The van der Waals surface area contributed by atoms with Crippen molar-refractivity contribution in [2.24, 2.45) is 0 Å². The SMILES string of the molecule is CC(C)OCC12CCCN1C(COc1nccnc1C(F)F)CC2.